The minimum atomic E-state index is -0.420. The van der Waals surface area contributed by atoms with Gasteiger partial charge in [0.1, 0.15) is 0 Å². The number of carbonyl (C=O) groups is 2. The summed E-state index contributed by atoms with van der Waals surface area (Å²) < 4.78 is 10.7. The van der Waals surface area contributed by atoms with Gasteiger partial charge < -0.3 is 19.7 Å². The minimum Gasteiger partial charge on any atom is -0.454 e. The Hall–Kier alpha value is -2.67. The standard InChI is InChI=1S/C19H18N2O4S/c1-21(10-12-6-7-14-15(8-12)25-11-24-14)18(22)9-17-19(23)20-13-4-2-3-5-16(13)26-17/h2-8,17H,9-11H2,1H3,(H,20,23). The molecule has 6 nitrogen and oxygen atoms in total. The van der Waals surface area contributed by atoms with Gasteiger partial charge in [0, 0.05) is 24.9 Å². The molecule has 0 aliphatic carbocycles. The first-order valence-electron chi connectivity index (χ1n) is 8.29. The van der Waals surface area contributed by atoms with Crippen molar-refractivity contribution in [3.63, 3.8) is 0 Å². The van der Waals surface area contributed by atoms with Crippen molar-refractivity contribution in [2.75, 3.05) is 19.2 Å². The van der Waals surface area contributed by atoms with Crippen LogP contribution < -0.4 is 14.8 Å². The minimum absolute atomic E-state index is 0.0744. The van der Waals surface area contributed by atoms with E-state index < -0.39 is 5.25 Å². The maximum atomic E-state index is 12.6. The Morgan fingerprint density at radius 1 is 1.23 bits per heavy atom. The number of nitrogens with one attached hydrogen (secondary N) is 1. The van der Waals surface area contributed by atoms with Crippen molar-refractivity contribution in [3.8, 4) is 11.5 Å². The van der Waals surface area contributed by atoms with Crippen LogP contribution >= 0.6 is 11.8 Å². The third kappa shape index (κ3) is 3.35. The Labute approximate surface area is 155 Å². The van der Waals surface area contributed by atoms with Gasteiger partial charge in [0.2, 0.25) is 18.6 Å². The summed E-state index contributed by atoms with van der Waals surface area (Å²) in [6.45, 7) is 0.675. The molecule has 2 aromatic rings. The van der Waals surface area contributed by atoms with Gasteiger partial charge in [0.25, 0.3) is 0 Å². The van der Waals surface area contributed by atoms with Crippen LogP contribution in [-0.4, -0.2) is 35.8 Å². The Morgan fingerprint density at radius 2 is 2.04 bits per heavy atom. The average Bonchev–Trinajstić information content (AvgIpc) is 3.10. The van der Waals surface area contributed by atoms with Gasteiger partial charge in [-0.25, -0.2) is 0 Å². The van der Waals surface area contributed by atoms with Crippen LogP contribution in [0.25, 0.3) is 0 Å². The van der Waals surface area contributed by atoms with Crippen LogP contribution in [0.1, 0.15) is 12.0 Å². The summed E-state index contributed by atoms with van der Waals surface area (Å²) in [5, 5.41) is 2.45. The molecule has 0 fully saturated rings. The number of carbonyl (C=O) groups excluding carboxylic acids is 2. The Bertz CT molecular complexity index is 870. The molecule has 0 saturated carbocycles. The fourth-order valence-corrected chi connectivity index (χ4v) is 4.04. The molecular weight excluding hydrogens is 352 g/mol. The summed E-state index contributed by atoms with van der Waals surface area (Å²) in [5.41, 5.74) is 1.76. The summed E-state index contributed by atoms with van der Waals surface area (Å²) >= 11 is 1.44. The van der Waals surface area contributed by atoms with Gasteiger partial charge in [-0.2, -0.15) is 0 Å². The van der Waals surface area contributed by atoms with Crippen molar-refractivity contribution in [1.82, 2.24) is 4.90 Å². The van der Waals surface area contributed by atoms with E-state index in [4.69, 9.17) is 9.47 Å². The van der Waals surface area contributed by atoms with Crippen LogP contribution in [0.5, 0.6) is 11.5 Å². The van der Waals surface area contributed by atoms with Gasteiger partial charge in [-0.15, -0.1) is 11.8 Å². The summed E-state index contributed by atoms with van der Waals surface area (Å²) in [6, 6.07) is 13.3. The quantitative estimate of drug-likeness (QED) is 0.896. The van der Waals surface area contributed by atoms with E-state index in [-0.39, 0.29) is 25.0 Å². The summed E-state index contributed by atoms with van der Waals surface area (Å²) in [5.74, 6) is 1.21. The SMILES string of the molecule is CN(Cc1ccc2c(c1)OCO2)C(=O)CC1Sc2ccccc2NC1=O. The van der Waals surface area contributed by atoms with E-state index in [1.165, 1.54) is 11.8 Å². The van der Waals surface area contributed by atoms with Crippen LogP contribution in [0.3, 0.4) is 0 Å². The zero-order valence-electron chi connectivity index (χ0n) is 14.2. The molecular formula is C19H18N2O4S. The maximum Gasteiger partial charge on any atom is 0.238 e. The number of anilines is 1. The smallest absolute Gasteiger partial charge is 0.238 e. The first-order chi connectivity index (χ1) is 12.6. The highest BCUT2D eigenvalue weighted by Crippen LogP contribution is 2.37. The van der Waals surface area contributed by atoms with Crippen LogP contribution in [0, 0.1) is 0 Å². The zero-order chi connectivity index (χ0) is 18.1. The molecule has 0 bridgehead atoms. The number of hydrogen-bond acceptors (Lipinski definition) is 5. The Kier molecular flexibility index (Phi) is 4.46. The van der Waals surface area contributed by atoms with Crippen LogP contribution in [0.2, 0.25) is 0 Å². The third-order valence-corrected chi connectivity index (χ3v) is 5.62. The molecule has 1 N–H and O–H groups in total. The highest BCUT2D eigenvalue weighted by molar-refractivity contribution is 8.01. The normalized spacial score (nSPS) is 17.4. The molecule has 7 heteroatoms. The van der Waals surface area contributed by atoms with E-state index in [1.807, 2.05) is 42.5 Å². The van der Waals surface area contributed by atoms with E-state index in [2.05, 4.69) is 5.32 Å². The van der Waals surface area contributed by atoms with Crippen molar-refractivity contribution in [1.29, 1.82) is 0 Å². The molecule has 26 heavy (non-hydrogen) atoms. The van der Waals surface area contributed by atoms with E-state index in [0.29, 0.717) is 12.3 Å². The molecule has 2 aliphatic rings. The molecule has 0 aromatic heterocycles. The second kappa shape index (κ2) is 6.92. The first-order valence-corrected chi connectivity index (χ1v) is 9.17. The molecule has 1 unspecified atom stereocenters. The van der Waals surface area contributed by atoms with E-state index in [9.17, 15) is 9.59 Å². The van der Waals surface area contributed by atoms with Crippen molar-refractivity contribution < 1.29 is 19.1 Å². The van der Waals surface area contributed by atoms with Gasteiger partial charge in [-0.1, -0.05) is 18.2 Å². The summed E-state index contributed by atoms with van der Waals surface area (Å²) in [4.78, 5) is 27.5. The molecule has 4 rings (SSSR count). The van der Waals surface area contributed by atoms with Crippen molar-refractivity contribution >= 4 is 29.3 Å². The van der Waals surface area contributed by atoms with Crippen molar-refractivity contribution in [3.05, 3.63) is 48.0 Å². The van der Waals surface area contributed by atoms with Gasteiger partial charge in [-0.05, 0) is 29.8 Å². The number of benzene rings is 2. The van der Waals surface area contributed by atoms with E-state index in [1.54, 1.807) is 11.9 Å². The van der Waals surface area contributed by atoms with E-state index >= 15 is 0 Å². The fourth-order valence-electron chi connectivity index (χ4n) is 2.94. The topological polar surface area (TPSA) is 67.9 Å². The van der Waals surface area contributed by atoms with Crippen LogP contribution in [0.4, 0.5) is 5.69 Å². The molecule has 0 spiro atoms. The number of hydrogen-bond donors (Lipinski definition) is 1. The number of ether oxygens (including phenoxy) is 2. The maximum absolute atomic E-state index is 12.6. The predicted octanol–water partition coefficient (Wildman–Crippen LogP) is 2.88. The third-order valence-electron chi connectivity index (χ3n) is 4.35. The highest BCUT2D eigenvalue weighted by atomic mass is 32.2. The molecule has 2 aliphatic heterocycles. The molecule has 0 saturated heterocycles. The number of nitrogens with zero attached hydrogens (tertiary/aromatic N) is 1. The number of fused-ring (bicyclic) bond motifs is 2. The van der Waals surface area contributed by atoms with Crippen molar-refractivity contribution in [2.45, 2.75) is 23.1 Å². The number of amides is 2. The molecule has 2 amide bonds. The molecule has 134 valence electrons. The highest BCUT2D eigenvalue weighted by Gasteiger charge is 2.29. The summed E-state index contributed by atoms with van der Waals surface area (Å²) in [7, 11) is 1.74. The number of thioether (sulfide) groups is 1. The van der Waals surface area contributed by atoms with Gasteiger partial charge >= 0.3 is 0 Å². The van der Waals surface area contributed by atoms with Crippen molar-refractivity contribution in [2.24, 2.45) is 0 Å². The second-order valence-electron chi connectivity index (χ2n) is 6.23. The van der Waals surface area contributed by atoms with E-state index in [0.717, 1.165) is 21.9 Å². The predicted molar refractivity (Wildman–Crippen MR) is 98.4 cm³/mol. The number of rotatable bonds is 4. The molecule has 2 aromatic carbocycles. The lowest BCUT2D eigenvalue weighted by Crippen LogP contribution is -2.35. The Balaban J connectivity index is 1.39. The molecule has 0 radical (unpaired) electrons. The first kappa shape index (κ1) is 16.8. The largest absolute Gasteiger partial charge is 0.454 e. The van der Waals surface area contributed by atoms with Crippen LogP contribution in [-0.2, 0) is 16.1 Å². The molecule has 2 heterocycles. The van der Waals surface area contributed by atoms with Crippen LogP contribution in [0.15, 0.2) is 47.4 Å². The fraction of sp³-hybridized carbons (Fsp3) is 0.263. The average molecular weight is 370 g/mol. The monoisotopic (exact) mass is 370 g/mol. The Morgan fingerprint density at radius 3 is 2.92 bits per heavy atom. The van der Waals surface area contributed by atoms with Gasteiger partial charge in [-0.3, -0.25) is 9.59 Å². The molecule has 1 atom stereocenters. The number of para-hydroxylation sites is 1. The van der Waals surface area contributed by atoms with Gasteiger partial charge in [0.05, 0.1) is 10.9 Å². The lowest BCUT2D eigenvalue weighted by molar-refractivity contribution is -0.131. The van der Waals surface area contributed by atoms with Gasteiger partial charge in [0.15, 0.2) is 11.5 Å². The summed E-state index contributed by atoms with van der Waals surface area (Å²) in [6.07, 6.45) is 0.159. The zero-order valence-corrected chi connectivity index (χ0v) is 15.0. The lowest BCUT2D eigenvalue weighted by atomic mass is 10.1. The second-order valence-corrected chi connectivity index (χ2v) is 7.48. The lowest BCUT2D eigenvalue weighted by Gasteiger charge is -2.25.